The fraction of sp³-hybridized carbons (Fsp3) is 0.174. The van der Waals surface area contributed by atoms with E-state index in [-0.39, 0.29) is 11.8 Å². The van der Waals surface area contributed by atoms with Crippen LogP contribution in [0.15, 0.2) is 72.0 Å². The molecule has 0 aliphatic carbocycles. The zero-order chi connectivity index (χ0) is 21.1. The second-order valence-electron chi connectivity index (χ2n) is 6.78. The summed E-state index contributed by atoms with van der Waals surface area (Å²) in [5.74, 6) is -0.680. The van der Waals surface area contributed by atoms with Gasteiger partial charge in [0.15, 0.2) is 0 Å². The van der Waals surface area contributed by atoms with Gasteiger partial charge in [-0.2, -0.15) is 0 Å². The first kappa shape index (κ1) is 20.3. The van der Waals surface area contributed by atoms with Crippen molar-refractivity contribution >= 4 is 46.0 Å². The molecule has 0 unspecified atom stereocenters. The van der Waals surface area contributed by atoms with Crippen molar-refractivity contribution < 1.29 is 9.59 Å². The monoisotopic (exact) mass is 437 g/mol. The van der Waals surface area contributed by atoms with Crippen LogP contribution in [-0.2, 0) is 16.0 Å². The van der Waals surface area contributed by atoms with Gasteiger partial charge in [0, 0.05) is 30.4 Å². The van der Waals surface area contributed by atoms with Crippen LogP contribution < -0.4 is 4.90 Å². The summed E-state index contributed by atoms with van der Waals surface area (Å²) in [7, 11) is 0. The summed E-state index contributed by atoms with van der Waals surface area (Å²) < 4.78 is 0. The molecule has 0 N–H and O–H groups in total. The van der Waals surface area contributed by atoms with Crippen molar-refractivity contribution in [2.45, 2.75) is 13.3 Å². The molecular weight excluding hydrogens is 418 g/mol. The molecular formula is C23H20ClN3O2S. The number of rotatable bonds is 7. The van der Waals surface area contributed by atoms with Gasteiger partial charge >= 0.3 is 0 Å². The van der Waals surface area contributed by atoms with E-state index in [1.165, 1.54) is 16.2 Å². The van der Waals surface area contributed by atoms with E-state index in [4.69, 9.17) is 11.6 Å². The molecule has 2 aromatic heterocycles. The minimum Gasteiger partial charge on any atom is -0.366 e. The number of para-hydroxylation sites is 1. The fourth-order valence-electron chi connectivity index (χ4n) is 3.55. The van der Waals surface area contributed by atoms with Gasteiger partial charge < -0.3 is 4.90 Å². The average molecular weight is 438 g/mol. The number of hydrogen-bond donors (Lipinski definition) is 0. The van der Waals surface area contributed by atoms with Crippen LogP contribution in [0.4, 0.5) is 5.69 Å². The Morgan fingerprint density at radius 1 is 1.03 bits per heavy atom. The Balaban J connectivity index is 1.74. The van der Waals surface area contributed by atoms with Gasteiger partial charge in [0.05, 0.1) is 16.3 Å². The molecule has 0 bridgehead atoms. The smallest absolute Gasteiger partial charge is 0.282 e. The summed E-state index contributed by atoms with van der Waals surface area (Å²) in [5, 5.41) is 2.27. The van der Waals surface area contributed by atoms with Crippen molar-refractivity contribution in [2.24, 2.45) is 0 Å². The van der Waals surface area contributed by atoms with Gasteiger partial charge in [-0.1, -0.05) is 29.8 Å². The molecule has 0 radical (unpaired) electrons. The molecule has 4 rings (SSSR count). The van der Waals surface area contributed by atoms with E-state index in [9.17, 15) is 9.59 Å². The van der Waals surface area contributed by atoms with Gasteiger partial charge in [-0.3, -0.25) is 14.6 Å². The molecule has 30 heavy (non-hydrogen) atoms. The third-order valence-electron chi connectivity index (χ3n) is 5.04. The van der Waals surface area contributed by atoms with Crippen LogP contribution in [0.2, 0.25) is 5.02 Å². The van der Waals surface area contributed by atoms with Crippen LogP contribution in [0.25, 0.3) is 5.57 Å². The Morgan fingerprint density at radius 3 is 2.47 bits per heavy atom. The van der Waals surface area contributed by atoms with E-state index in [1.807, 2.05) is 41.5 Å². The Hall–Kier alpha value is -2.96. The summed E-state index contributed by atoms with van der Waals surface area (Å²) in [5.41, 5.74) is 2.40. The summed E-state index contributed by atoms with van der Waals surface area (Å²) in [6.45, 7) is 3.20. The van der Waals surface area contributed by atoms with E-state index < -0.39 is 0 Å². The van der Waals surface area contributed by atoms with Crippen molar-refractivity contribution in [1.29, 1.82) is 0 Å². The van der Waals surface area contributed by atoms with E-state index in [0.29, 0.717) is 35.1 Å². The number of benzene rings is 1. The van der Waals surface area contributed by atoms with Gasteiger partial charge in [0.1, 0.15) is 5.70 Å². The van der Waals surface area contributed by atoms with Crippen LogP contribution in [0, 0.1) is 0 Å². The number of anilines is 1. The van der Waals surface area contributed by atoms with Crippen LogP contribution in [-0.4, -0.2) is 34.8 Å². The molecule has 3 aromatic rings. The highest BCUT2D eigenvalue weighted by molar-refractivity contribution is 7.11. The lowest BCUT2D eigenvalue weighted by Crippen LogP contribution is -2.36. The third-order valence-corrected chi connectivity index (χ3v) is 6.25. The van der Waals surface area contributed by atoms with Crippen molar-refractivity contribution in [3.8, 4) is 0 Å². The number of amides is 2. The van der Waals surface area contributed by atoms with Crippen molar-refractivity contribution in [3.05, 3.63) is 87.5 Å². The molecule has 0 atom stereocenters. The Bertz CT molecular complexity index is 1100. The maximum atomic E-state index is 13.5. The van der Waals surface area contributed by atoms with E-state index in [2.05, 4.69) is 4.98 Å². The van der Waals surface area contributed by atoms with Crippen molar-refractivity contribution in [3.63, 3.8) is 0 Å². The van der Waals surface area contributed by atoms with Gasteiger partial charge in [-0.05, 0) is 54.6 Å². The minimum atomic E-state index is -0.340. The molecule has 0 spiro atoms. The Labute approximate surface area is 184 Å². The van der Waals surface area contributed by atoms with Crippen molar-refractivity contribution in [2.75, 3.05) is 18.0 Å². The third kappa shape index (κ3) is 3.76. The van der Waals surface area contributed by atoms with Gasteiger partial charge in [0.2, 0.25) is 0 Å². The second kappa shape index (κ2) is 8.81. The zero-order valence-corrected chi connectivity index (χ0v) is 18.0. The Kier molecular flexibility index (Phi) is 5.97. The summed E-state index contributed by atoms with van der Waals surface area (Å²) in [4.78, 5) is 35.0. The molecule has 1 aliphatic heterocycles. The molecule has 5 nitrogen and oxygen atoms in total. The normalized spacial score (nSPS) is 14.0. The zero-order valence-electron chi connectivity index (χ0n) is 16.4. The first-order valence-electron chi connectivity index (χ1n) is 9.67. The number of likely N-dealkylation sites (N-methyl/N-ethyl adjacent to an activating group) is 1. The maximum Gasteiger partial charge on any atom is 0.282 e. The number of nitrogens with zero attached hydrogens (tertiary/aromatic N) is 3. The standard InChI is InChI=1S/C23H20ClN3O2S/c1-2-26(14-11-16-9-12-25-13-10-16)21-20(19-8-5-15-30-19)22(28)27(23(21)29)18-7-4-3-6-17(18)24/h3-10,12-13,15H,2,11,14H2,1H3. The number of carbonyl (C=O) groups is 2. The predicted molar refractivity (Wildman–Crippen MR) is 120 cm³/mol. The number of hydrogen-bond acceptors (Lipinski definition) is 5. The van der Waals surface area contributed by atoms with Crippen LogP contribution >= 0.6 is 22.9 Å². The largest absolute Gasteiger partial charge is 0.366 e. The van der Waals surface area contributed by atoms with Crippen LogP contribution in [0.1, 0.15) is 17.4 Å². The molecule has 0 fully saturated rings. The summed E-state index contributed by atoms with van der Waals surface area (Å²) in [6, 6.07) is 14.6. The second-order valence-corrected chi connectivity index (χ2v) is 8.14. The van der Waals surface area contributed by atoms with E-state index in [1.54, 1.807) is 36.7 Å². The fourth-order valence-corrected chi connectivity index (χ4v) is 4.53. The quantitative estimate of drug-likeness (QED) is 0.505. The predicted octanol–water partition coefficient (Wildman–Crippen LogP) is 4.65. The number of imide groups is 1. The highest BCUT2D eigenvalue weighted by atomic mass is 35.5. The Morgan fingerprint density at radius 2 is 1.80 bits per heavy atom. The number of aromatic nitrogens is 1. The number of halogens is 1. The van der Waals surface area contributed by atoms with E-state index >= 15 is 0 Å². The molecule has 0 saturated carbocycles. The topological polar surface area (TPSA) is 53.5 Å². The SMILES string of the molecule is CCN(CCc1ccncc1)C1=C(c2cccs2)C(=O)N(c2ccccc2Cl)C1=O. The van der Waals surface area contributed by atoms with Crippen LogP contribution in [0.3, 0.4) is 0 Å². The van der Waals surface area contributed by atoms with Crippen LogP contribution in [0.5, 0.6) is 0 Å². The molecule has 3 heterocycles. The van der Waals surface area contributed by atoms with Gasteiger partial charge in [-0.25, -0.2) is 4.90 Å². The molecule has 7 heteroatoms. The average Bonchev–Trinajstić information content (AvgIpc) is 3.37. The molecule has 2 amide bonds. The first-order valence-corrected chi connectivity index (χ1v) is 10.9. The molecule has 1 aliphatic rings. The number of thiophene rings is 1. The minimum absolute atomic E-state index is 0.340. The lowest BCUT2D eigenvalue weighted by atomic mass is 10.1. The molecule has 0 saturated heterocycles. The lowest BCUT2D eigenvalue weighted by Gasteiger charge is -2.25. The first-order chi connectivity index (χ1) is 14.6. The maximum absolute atomic E-state index is 13.5. The summed E-state index contributed by atoms with van der Waals surface area (Å²) >= 11 is 7.78. The summed E-state index contributed by atoms with van der Waals surface area (Å²) in [6.07, 6.45) is 4.25. The van der Waals surface area contributed by atoms with Crippen molar-refractivity contribution in [1.82, 2.24) is 9.88 Å². The highest BCUT2D eigenvalue weighted by Gasteiger charge is 2.43. The number of carbonyl (C=O) groups excluding carboxylic acids is 2. The van der Waals surface area contributed by atoms with E-state index in [0.717, 1.165) is 16.9 Å². The molecule has 1 aromatic carbocycles. The molecule has 152 valence electrons. The highest BCUT2D eigenvalue weighted by Crippen LogP contribution is 2.38. The lowest BCUT2D eigenvalue weighted by molar-refractivity contribution is -0.120. The van der Waals surface area contributed by atoms with Gasteiger partial charge in [0.25, 0.3) is 11.8 Å². The van der Waals surface area contributed by atoms with Gasteiger partial charge in [-0.15, -0.1) is 11.3 Å². The number of pyridine rings is 1.